The molecule has 0 bridgehead atoms. The predicted octanol–water partition coefficient (Wildman–Crippen LogP) is 21.0. The summed E-state index contributed by atoms with van der Waals surface area (Å²) in [7, 11) is 0. The van der Waals surface area contributed by atoms with Gasteiger partial charge in [0.15, 0.2) is 0 Å². The molecule has 68 heavy (non-hydrogen) atoms. The van der Waals surface area contributed by atoms with Crippen LogP contribution in [0, 0.1) is 0 Å². The van der Waals surface area contributed by atoms with Crippen molar-refractivity contribution in [3.63, 3.8) is 0 Å². The zero-order chi connectivity index (χ0) is 49.2. The molecule has 2 unspecified atom stereocenters. The van der Waals surface area contributed by atoms with E-state index in [1.165, 1.54) is 308 Å². The van der Waals surface area contributed by atoms with E-state index >= 15 is 0 Å². The average Bonchev–Trinajstić information content (AvgIpc) is 3.34. The maximum absolute atomic E-state index is 12.5. The van der Waals surface area contributed by atoms with Gasteiger partial charge in [-0.2, -0.15) is 0 Å². The Morgan fingerprint density at radius 2 is 0.574 bits per heavy atom. The lowest BCUT2D eigenvalue weighted by molar-refractivity contribution is -0.123. The van der Waals surface area contributed by atoms with Crippen LogP contribution in [0.4, 0.5) is 0 Å². The minimum atomic E-state index is -0.860. The largest absolute Gasteiger partial charge is 0.394 e. The molecule has 0 aliphatic heterocycles. The summed E-state index contributed by atoms with van der Waals surface area (Å²) in [5.41, 5.74) is 0. The number of hydrogen-bond acceptors (Lipinski definition) is 3. The minimum Gasteiger partial charge on any atom is -0.394 e. The quantitative estimate of drug-likeness (QED) is 0.0420. The Bertz CT molecular complexity index is 994. The Morgan fingerprint density at radius 1 is 0.338 bits per heavy atom. The Labute approximate surface area is 428 Å². The lowest BCUT2D eigenvalue weighted by Crippen LogP contribution is -2.45. The highest BCUT2D eigenvalue weighted by Gasteiger charge is 2.18. The molecule has 0 heterocycles. The SMILES string of the molecule is CCCCCCCCCCCCCCCCCCCCCCCCCCCCC/C=C/CC/C=C/C(O)C(CO)NC(=O)CCCCCCCCCCCCCCCCCCCCCCCCC. The summed E-state index contributed by atoms with van der Waals surface area (Å²) in [5.74, 6) is -0.0656. The van der Waals surface area contributed by atoms with Crippen molar-refractivity contribution in [2.45, 2.75) is 373 Å². The molecule has 0 fully saturated rings. The fourth-order valence-electron chi connectivity index (χ4n) is 10.1. The highest BCUT2D eigenvalue weighted by atomic mass is 16.3. The van der Waals surface area contributed by atoms with Gasteiger partial charge >= 0.3 is 0 Å². The summed E-state index contributed by atoms with van der Waals surface area (Å²) >= 11 is 0. The summed E-state index contributed by atoms with van der Waals surface area (Å²) < 4.78 is 0. The van der Waals surface area contributed by atoms with Gasteiger partial charge in [-0.05, 0) is 32.1 Å². The third-order valence-corrected chi connectivity index (χ3v) is 14.9. The fourth-order valence-corrected chi connectivity index (χ4v) is 10.1. The van der Waals surface area contributed by atoms with Gasteiger partial charge in [-0.15, -0.1) is 0 Å². The molecule has 2 atom stereocenters. The van der Waals surface area contributed by atoms with Crippen LogP contribution in [-0.2, 0) is 4.79 Å². The number of allylic oxidation sites excluding steroid dienone is 3. The van der Waals surface area contributed by atoms with Gasteiger partial charge < -0.3 is 15.5 Å². The molecule has 0 aromatic rings. The number of unbranched alkanes of at least 4 members (excludes halogenated alkanes) is 50. The van der Waals surface area contributed by atoms with Crippen LogP contribution in [0.25, 0.3) is 0 Å². The molecule has 3 N–H and O–H groups in total. The molecule has 0 radical (unpaired) electrons. The fraction of sp³-hybridized carbons (Fsp3) is 0.922. The van der Waals surface area contributed by atoms with Crippen molar-refractivity contribution in [1.29, 1.82) is 0 Å². The molecule has 0 rings (SSSR count). The Balaban J connectivity index is 3.45. The van der Waals surface area contributed by atoms with Crippen LogP contribution in [0.5, 0.6) is 0 Å². The van der Waals surface area contributed by atoms with Gasteiger partial charge in [0.25, 0.3) is 0 Å². The molecule has 4 nitrogen and oxygen atoms in total. The van der Waals surface area contributed by atoms with Crippen molar-refractivity contribution in [3.05, 3.63) is 24.3 Å². The first-order valence-electron chi connectivity index (χ1n) is 31.6. The normalized spacial score (nSPS) is 12.8. The van der Waals surface area contributed by atoms with E-state index in [1.54, 1.807) is 6.08 Å². The third kappa shape index (κ3) is 55.8. The van der Waals surface area contributed by atoms with Crippen LogP contribution in [0.3, 0.4) is 0 Å². The number of aliphatic hydroxyl groups excluding tert-OH is 2. The molecular weight excluding hydrogens is 831 g/mol. The molecule has 1 amide bonds. The summed E-state index contributed by atoms with van der Waals surface area (Å²) in [4.78, 5) is 12.5. The molecule has 0 saturated carbocycles. The topological polar surface area (TPSA) is 69.6 Å². The van der Waals surface area contributed by atoms with E-state index in [0.29, 0.717) is 6.42 Å². The molecule has 0 aromatic carbocycles. The highest BCUT2D eigenvalue weighted by Crippen LogP contribution is 2.19. The monoisotopic (exact) mass is 956 g/mol. The number of rotatable bonds is 59. The van der Waals surface area contributed by atoms with Gasteiger partial charge in [-0.3, -0.25) is 4.79 Å². The first-order valence-corrected chi connectivity index (χ1v) is 31.6. The second-order valence-corrected chi connectivity index (χ2v) is 21.8. The number of amides is 1. The van der Waals surface area contributed by atoms with E-state index < -0.39 is 12.1 Å². The van der Waals surface area contributed by atoms with E-state index in [9.17, 15) is 15.0 Å². The number of hydrogen-bond donors (Lipinski definition) is 3. The second kappa shape index (κ2) is 60.2. The maximum atomic E-state index is 12.5. The van der Waals surface area contributed by atoms with Gasteiger partial charge in [0, 0.05) is 6.42 Å². The maximum Gasteiger partial charge on any atom is 0.220 e. The molecule has 0 aliphatic rings. The van der Waals surface area contributed by atoms with E-state index in [-0.39, 0.29) is 12.5 Å². The van der Waals surface area contributed by atoms with Crippen molar-refractivity contribution in [1.82, 2.24) is 5.32 Å². The van der Waals surface area contributed by atoms with Crippen molar-refractivity contribution in [3.8, 4) is 0 Å². The van der Waals surface area contributed by atoms with Crippen LogP contribution in [0.2, 0.25) is 0 Å². The lowest BCUT2D eigenvalue weighted by Gasteiger charge is -2.19. The Hall–Kier alpha value is -1.13. The van der Waals surface area contributed by atoms with Crippen molar-refractivity contribution >= 4 is 5.91 Å². The zero-order valence-corrected chi connectivity index (χ0v) is 46.7. The first-order chi connectivity index (χ1) is 33.7. The van der Waals surface area contributed by atoms with Gasteiger partial charge in [0.1, 0.15) is 0 Å². The van der Waals surface area contributed by atoms with Crippen LogP contribution in [0.15, 0.2) is 24.3 Å². The number of nitrogens with one attached hydrogen (secondary N) is 1. The predicted molar refractivity (Wildman–Crippen MR) is 304 cm³/mol. The molecule has 0 aliphatic carbocycles. The lowest BCUT2D eigenvalue weighted by atomic mass is 10.0. The van der Waals surface area contributed by atoms with Crippen LogP contribution in [-0.4, -0.2) is 34.9 Å². The zero-order valence-electron chi connectivity index (χ0n) is 46.7. The number of carbonyl (C=O) groups excluding carboxylic acids is 1. The summed E-state index contributed by atoms with van der Waals surface area (Å²) in [6, 6.07) is -0.637. The smallest absolute Gasteiger partial charge is 0.220 e. The van der Waals surface area contributed by atoms with E-state index in [4.69, 9.17) is 0 Å². The van der Waals surface area contributed by atoms with Crippen LogP contribution >= 0.6 is 0 Å². The average molecular weight is 957 g/mol. The van der Waals surface area contributed by atoms with Crippen molar-refractivity contribution in [2.24, 2.45) is 0 Å². The van der Waals surface area contributed by atoms with E-state index in [2.05, 4.69) is 31.3 Å². The van der Waals surface area contributed by atoms with Crippen LogP contribution < -0.4 is 5.32 Å². The van der Waals surface area contributed by atoms with Gasteiger partial charge in [-0.1, -0.05) is 346 Å². The Morgan fingerprint density at radius 3 is 0.853 bits per heavy atom. The molecule has 404 valence electrons. The molecular formula is C64H125NO3. The Kier molecular flexibility index (Phi) is 59.2. The van der Waals surface area contributed by atoms with Crippen LogP contribution in [0.1, 0.15) is 361 Å². The third-order valence-electron chi connectivity index (χ3n) is 14.9. The van der Waals surface area contributed by atoms with Crippen molar-refractivity contribution < 1.29 is 15.0 Å². The molecule has 0 spiro atoms. The van der Waals surface area contributed by atoms with Crippen molar-refractivity contribution in [2.75, 3.05) is 6.61 Å². The van der Waals surface area contributed by atoms with E-state index in [0.717, 1.165) is 32.1 Å². The number of aliphatic hydroxyl groups is 2. The molecule has 0 aromatic heterocycles. The summed E-state index contributed by atoms with van der Waals surface area (Å²) in [6.07, 6.45) is 81.0. The minimum absolute atomic E-state index is 0.0656. The number of carbonyl (C=O) groups is 1. The van der Waals surface area contributed by atoms with E-state index in [1.807, 2.05) is 6.08 Å². The highest BCUT2D eigenvalue weighted by molar-refractivity contribution is 5.76. The van der Waals surface area contributed by atoms with Gasteiger partial charge in [0.05, 0.1) is 18.8 Å². The second-order valence-electron chi connectivity index (χ2n) is 21.8. The first kappa shape index (κ1) is 66.9. The van der Waals surface area contributed by atoms with Gasteiger partial charge in [0.2, 0.25) is 5.91 Å². The standard InChI is InChI=1S/C64H125NO3/c1-3-5-7-9-11-13-15-17-19-21-23-25-27-28-29-30-31-32-33-34-35-36-38-39-41-43-45-47-49-51-53-55-57-59-63(67)62(61-66)65-64(68)60-58-56-54-52-50-48-46-44-42-40-37-26-24-22-20-18-16-14-12-10-8-6-4-2/h49,51,57,59,62-63,66-67H,3-48,50,52-56,58,60-61H2,1-2H3,(H,65,68)/b51-49+,59-57+. The summed E-state index contributed by atoms with van der Waals surface area (Å²) in [5, 5.41) is 23.2. The molecule has 4 heteroatoms. The van der Waals surface area contributed by atoms with Gasteiger partial charge in [-0.25, -0.2) is 0 Å². The summed E-state index contributed by atoms with van der Waals surface area (Å²) in [6.45, 7) is 4.35. The molecule has 0 saturated heterocycles.